The van der Waals surface area contributed by atoms with Gasteiger partial charge in [0, 0.05) is 0 Å². The zero-order valence-corrected chi connectivity index (χ0v) is 8.78. The number of nitrogens with zero attached hydrogens (tertiary/aromatic N) is 3. The molecule has 0 aromatic carbocycles. The first-order valence-electron chi connectivity index (χ1n) is 5.20. The quantitative estimate of drug-likeness (QED) is 0.598. The van der Waals surface area contributed by atoms with Gasteiger partial charge >= 0.3 is 12.0 Å². The van der Waals surface area contributed by atoms with Gasteiger partial charge in [-0.25, -0.2) is 0 Å². The van der Waals surface area contributed by atoms with Crippen molar-refractivity contribution in [2.24, 2.45) is 0 Å². The molecule has 0 bridgehead atoms. The summed E-state index contributed by atoms with van der Waals surface area (Å²) in [4.78, 5) is 9.88. The van der Waals surface area contributed by atoms with Crippen molar-refractivity contribution in [3.05, 3.63) is 21.9 Å². The van der Waals surface area contributed by atoms with Crippen molar-refractivity contribution >= 4 is 5.82 Å². The Hall–Kier alpha value is -1.60. The second-order valence-corrected chi connectivity index (χ2v) is 4.03. The summed E-state index contributed by atoms with van der Waals surface area (Å²) in [5.74, 6) is -0.579. The summed E-state index contributed by atoms with van der Waals surface area (Å²) in [6, 6.07) is 0.213. The molecule has 1 fully saturated rings. The molecule has 17 heavy (non-hydrogen) atoms. The molecule has 0 radical (unpaired) electrons. The van der Waals surface area contributed by atoms with Gasteiger partial charge in [-0.2, -0.15) is 13.2 Å². The maximum absolute atomic E-state index is 12.4. The molecule has 0 unspecified atom stereocenters. The summed E-state index contributed by atoms with van der Waals surface area (Å²) in [5, 5.41) is 14.0. The van der Waals surface area contributed by atoms with E-state index in [1.165, 1.54) is 0 Å². The molecule has 1 heterocycles. The molecule has 0 atom stereocenters. The molecule has 94 valence electrons. The number of halogens is 3. The van der Waals surface area contributed by atoms with Gasteiger partial charge in [-0.3, -0.25) is 0 Å². The fourth-order valence-electron chi connectivity index (χ4n) is 2.08. The van der Waals surface area contributed by atoms with Crippen molar-refractivity contribution in [2.45, 2.75) is 37.9 Å². The minimum absolute atomic E-state index is 0.286. The highest BCUT2D eigenvalue weighted by atomic mass is 19.4. The zero-order valence-electron chi connectivity index (χ0n) is 8.78. The van der Waals surface area contributed by atoms with Gasteiger partial charge in [-0.1, -0.05) is 5.10 Å². The predicted molar refractivity (Wildman–Crippen MR) is 51.4 cm³/mol. The molecule has 8 heteroatoms. The summed E-state index contributed by atoms with van der Waals surface area (Å²) in [5.41, 5.74) is -1.20. The van der Waals surface area contributed by atoms with E-state index in [1.54, 1.807) is 0 Å². The normalized spacial score (nSPS) is 17.6. The number of hydrogen-bond acceptors (Lipinski definition) is 3. The second-order valence-electron chi connectivity index (χ2n) is 4.03. The van der Waals surface area contributed by atoms with Crippen molar-refractivity contribution in [1.82, 2.24) is 9.78 Å². The minimum atomic E-state index is -4.64. The Morgan fingerprint density at radius 2 is 2.00 bits per heavy atom. The molecule has 0 spiro atoms. The van der Waals surface area contributed by atoms with Gasteiger partial charge in [0.05, 0.1) is 6.07 Å². The lowest BCUT2D eigenvalue weighted by molar-refractivity contribution is -0.393. The molecule has 2 rings (SSSR count). The van der Waals surface area contributed by atoms with Gasteiger partial charge in [0.1, 0.15) is 6.04 Å². The Balaban J connectivity index is 2.42. The van der Waals surface area contributed by atoms with E-state index in [-0.39, 0.29) is 6.04 Å². The highest BCUT2D eigenvalue weighted by molar-refractivity contribution is 5.25. The van der Waals surface area contributed by atoms with Crippen LogP contribution in [-0.4, -0.2) is 14.7 Å². The van der Waals surface area contributed by atoms with Gasteiger partial charge in [0.2, 0.25) is 0 Å². The SMILES string of the molecule is O=[N+]([O-])c1cc(C(F)(F)F)nn1C1CCCC1. The van der Waals surface area contributed by atoms with Gasteiger partial charge in [-0.05, 0) is 30.6 Å². The molecular formula is C9H10F3N3O2. The van der Waals surface area contributed by atoms with Crippen LogP contribution in [0.5, 0.6) is 0 Å². The van der Waals surface area contributed by atoms with Crippen LogP contribution in [-0.2, 0) is 6.18 Å². The molecule has 0 N–H and O–H groups in total. The number of alkyl halides is 3. The third kappa shape index (κ3) is 2.25. The molecule has 1 aromatic heterocycles. The Labute approximate surface area is 94.4 Å². The van der Waals surface area contributed by atoms with E-state index in [1.807, 2.05) is 0 Å². The van der Waals surface area contributed by atoms with Crippen molar-refractivity contribution < 1.29 is 18.1 Å². The van der Waals surface area contributed by atoms with Crippen LogP contribution < -0.4 is 0 Å². The Morgan fingerprint density at radius 1 is 1.41 bits per heavy atom. The van der Waals surface area contributed by atoms with Gasteiger partial charge in [-0.15, -0.1) is 4.68 Å². The van der Waals surface area contributed by atoms with Crippen LogP contribution in [0.3, 0.4) is 0 Å². The average Bonchev–Trinajstić information content (AvgIpc) is 2.85. The number of aromatic nitrogens is 2. The molecule has 5 nitrogen and oxygen atoms in total. The van der Waals surface area contributed by atoms with Crippen molar-refractivity contribution in [3.8, 4) is 0 Å². The van der Waals surface area contributed by atoms with Gasteiger partial charge in [0.15, 0.2) is 5.69 Å². The topological polar surface area (TPSA) is 61.0 Å². The lowest BCUT2D eigenvalue weighted by Gasteiger charge is -2.05. The van der Waals surface area contributed by atoms with E-state index in [0.29, 0.717) is 18.9 Å². The average molecular weight is 249 g/mol. The van der Waals surface area contributed by atoms with Crippen LogP contribution >= 0.6 is 0 Å². The van der Waals surface area contributed by atoms with Crippen LogP contribution in [0, 0.1) is 10.1 Å². The van der Waals surface area contributed by atoms with Crippen molar-refractivity contribution in [3.63, 3.8) is 0 Å². The zero-order chi connectivity index (χ0) is 12.6. The predicted octanol–water partition coefficient (Wildman–Crippen LogP) is 2.93. The number of hydrogen-bond donors (Lipinski definition) is 0. The minimum Gasteiger partial charge on any atom is -0.358 e. The fraction of sp³-hybridized carbons (Fsp3) is 0.667. The Morgan fingerprint density at radius 3 is 2.47 bits per heavy atom. The first-order chi connectivity index (χ1) is 7.89. The van der Waals surface area contributed by atoms with Crippen LogP contribution in [0.15, 0.2) is 6.07 Å². The maximum atomic E-state index is 12.4. The summed E-state index contributed by atoms with van der Waals surface area (Å²) >= 11 is 0. The number of nitro groups is 1. The van der Waals surface area contributed by atoms with Crippen LogP contribution in [0.1, 0.15) is 37.4 Å². The van der Waals surface area contributed by atoms with Crippen molar-refractivity contribution in [2.75, 3.05) is 0 Å². The highest BCUT2D eigenvalue weighted by Crippen LogP contribution is 2.36. The largest absolute Gasteiger partial charge is 0.437 e. The smallest absolute Gasteiger partial charge is 0.358 e. The highest BCUT2D eigenvalue weighted by Gasteiger charge is 2.40. The first kappa shape index (κ1) is 11.9. The molecule has 1 aliphatic carbocycles. The Bertz CT molecular complexity index is 435. The van der Waals surface area contributed by atoms with Crippen LogP contribution in [0.25, 0.3) is 0 Å². The van der Waals surface area contributed by atoms with E-state index < -0.39 is 22.6 Å². The lowest BCUT2D eigenvalue weighted by Crippen LogP contribution is -2.12. The van der Waals surface area contributed by atoms with E-state index in [2.05, 4.69) is 5.10 Å². The van der Waals surface area contributed by atoms with E-state index in [0.717, 1.165) is 17.5 Å². The Kier molecular flexibility index (Phi) is 2.80. The third-order valence-electron chi connectivity index (χ3n) is 2.86. The molecule has 0 amide bonds. The first-order valence-corrected chi connectivity index (χ1v) is 5.20. The van der Waals surface area contributed by atoms with Gasteiger partial charge < -0.3 is 10.1 Å². The molecule has 1 saturated carbocycles. The fourth-order valence-corrected chi connectivity index (χ4v) is 2.08. The molecule has 1 aromatic rings. The summed E-state index contributed by atoms with van der Waals surface area (Å²) < 4.78 is 38.2. The molecule has 0 saturated heterocycles. The van der Waals surface area contributed by atoms with Crippen molar-refractivity contribution in [1.29, 1.82) is 0 Å². The molecule has 0 aliphatic heterocycles. The van der Waals surface area contributed by atoms with E-state index in [4.69, 9.17) is 0 Å². The monoisotopic (exact) mass is 249 g/mol. The summed E-state index contributed by atoms with van der Waals surface area (Å²) in [6.07, 6.45) is -1.64. The second kappa shape index (κ2) is 4.01. The standard InChI is InChI=1S/C9H10F3N3O2/c10-9(11,12)7-5-8(15(16)17)14(13-7)6-3-1-2-4-6/h5-6H,1-4H2. The van der Waals surface area contributed by atoms with Crippen LogP contribution in [0.2, 0.25) is 0 Å². The maximum Gasteiger partial charge on any atom is 0.437 e. The van der Waals surface area contributed by atoms with E-state index >= 15 is 0 Å². The third-order valence-corrected chi connectivity index (χ3v) is 2.86. The lowest BCUT2D eigenvalue weighted by atomic mass is 10.2. The number of rotatable bonds is 2. The summed E-state index contributed by atoms with van der Waals surface area (Å²) in [7, 11) is 0. The van der Waals surface area contributed by atoms with Crippen LogP contribution in [0.4, 0.5) is 19.0 Å². The summed E-state index contributed by atoms with van der Waals surface area (Å²) in [6.45, 7) is 0. The van der Waals surface area contributed by atoms with E-state index in [9.17, 15) is 23.3 Å². The van der Waals surface area contributed by atoms with Gasteiger partial charge in [0.25, 0.3) is 0 Å². The molecule has 1 aliphatic rings. The molecular weight excluding hydrogens is 239 g/mol.